The third kappa shape index (κ3) is 4.37. The van der Waals surface area contributed by atoms with Crippen LogP contribution in [0, 0.1) is 0 Å². The third-order valence-electron chi connectivity index (χ3n) is 3.33. The Hall–Kier alpha value is -0.770. The lowest BCUT2D eigenvalue weighted by molar-refractivity contribution is 0.196. The summed E-state index contributed by atoms with van der Waals surface area (Å²) in [6.45, 7) is 9.20. The van der Waals surface area contributed by atoms with Crippen molar-refractivity contribution in [2.45, 2.75) is 32.9 Å². The minimum atomic E-state index is 0.549. The van der Waals surface area contributed by atoms with E-state index in [4.69, 9.17) is 16.3 Å². The van der Waals surface area contributed by atoms with Crippen LogP contribution in [0.1, 0.15) is 25.8 Å². The fourth-order valence-corrected chi connectivity index (χ4v) is 2.62. The van der Waals surface area contributed by atoms with Crippen molar-refractivity contribution in [3.8, 4) is 5.75 Å². The largest absolute Gasteiger partial charge is 0.493 e. The Bertz CT molecular complexity index is 411. The summed E-state index contributed by atoms with van der Waals surface area (Å²) in [5.41, 5.74) is 1.19. The summed E-state index contributed by atoms with van der Waals surface area (Å²) in [5.74, 6) is 0.970. The maximum Gasteiger partial charge on any atom is 0.123 e. The maximum absolute atomic E-state index is 6.11. The van der Waals surface area contributed by atoms with Gasteiger partial charge in [0.05, 0.1) is 6.61 Å². The molecular weight excluding hydrogens is 260 g/mol. The third-order valence-corrected chi connectivity index (χ3v) is 3.57. The van der Waals surface area contributed by atoms with Crippen molar-refractivity contribution in [1.29, 1.82) is 0 Å². The summed E-state index contributed by atoms with van der Waals surface area (Å²) in [6, 6.07) is 6.46. The number of benzene rings is 1. The molecule has 1 aliphatic rings. The molecule has 1 saturated heterocycles. The van der Waals surface area contributed by atoms with E-state index in [1.54, 1.807) is 0 Å². The number of ether oxygens (including phenoxy) is 1. The molecule has 19 heavy (non-hydrogen) atoms. The van der Waals surface area contributed by atoms with E-state index in [0.29, 0.717) is 6.04 Å². The zero-order chi connectivity index (χ0) is 13.7. The number of nitrogens with zero attached hydrogens (tertiary/aromatic N) is 1. The standard InChI is InChI=1S/C15H23ClN2O/c1-3-8-19-15-5-4-14(16)9-13(15)11-18-7-6-17-12(2)10-18/h4-5,9,12,17H,3,6-8,10-11H2,1-2H3/t12-/m0/s1. The van der Waals surface area contributed by atoms with Crippen LogP contribution in [-0.4, -0.2) is 37.2 Å². The quantitative estimate of drug-likeness (QED) is 0.899. The van der Waals surface area contributed by atoms with Gasteiger partial charge in [-0.15, -0.1) is 0 Å². The number of hydrogen-bond acceptors (Lipinski definition) is 3. The van der Waals surface area contributed by atoms with Crippen molar-refractivity contribution in [3.05, 3.63) is 28.8 Å². The molecule has 1 aromatic rings. The zero-order valence-electron chi connectivity index (χ0n) is 11.8. The van der Waals surface area contributed by atoms with E-state index >= 15 is 0 Å². The normalized spacial score (nSPS) is 20.5. The van der Waals surface area contributed by atoms with E-state index in [0.717, 1.165) is 50.0 Å². The van der Waals surface area contributed by atoms with Gasteiger partial charge in [0, 0.05) is 42.8 Å². The Balaban J connectivity index is 2.06. The Morgan fingerprint density at radius 3 is 3.05 bits per heavy atom. The van der Waals surface area contributed by atoms with Gasteiger partial charge in [-0.1, -0.05) is 18.5 Å². The van der Waals surface area contributed by atoms with Gasteiger partial charge in [0.25, 0.3) is 0 Å². The topological polar surface area (TPSA) is 24.5 Å². The highest BCUT2D eigenvalue weighted by atomic mass is 35.5. The molecule has 0 bridgehead atoms. The van der Waals surface area contributed by atoms with Crippen LogP contribution in [0.5, 0.6) is 5.75 Å². The molecule has 0 aromatic heterocycles. The molecule has 0 aliphatic carbocycles. The highest BCUT2D eigenvalue weighted by Gasteiger charge is 2.17. The van der Waals surface area contributed by atoms with Gasteiger partial charge in [-0.05, 0) is 31.5 Å². The molecule has 0 saturated carbocycles. The van der Waals surface area contributed by atoms with E-state index in [1.807, 2.05) is 18.2 Å². The lowest BCUT2D eigenvalue weighted by atomic mass is 10.1. The van der Waals surface area contributed by atoms with Crippen LogP contribution < -0.4 is 10.1 Å². The second-order valence-corrected chi connectivity index (χ2v) is 5.63. The van der Waals surface area contributed by atoms with Crippen LogP contribution >= 0.6 is 11.6 Å². The second-order valence-electron chi connectivity index (χ2n) is 5.19. The lowest BCUT2D eigenvalue weighted by Crippen LogP contribution is -2.48. The maximum atomic E-state index is 6.11. The number of rotatable bonds is 5. The average Bonchev–Trinajstić information content (AvgIpc) is 2.38. The molecule has 106 valence electrons. The summed E-state index contributed by atoms with van der Waals surface area (Å²) < 4.78 is 5.81. The van der Waals surface area contributed by atoms with E-state index in [2.05, 4.69) is 24.1 Å². The van der Waals surface area contributed by atoms with Crippen molar-refractivity contribution in [3.63, 3.8) is 0 Å². The van der Waals surface area contributed by atoms with E-state index in [-0.39, 0.29) is 0 Å². The minimum absolute atomic E-state index is 0.549. The fraction of sp³-hybridized carbons (Fsp3) is 0.600. The van der Waals surface area contributed by atoms with Gasteiger partial charge >= 0.3 is 0 Å². The van der Waals surface area contributed by atoms with Crippen LogP contribution in [0.25, 0.3) is 0 Å². The highest BCUT2D eigenvalue weighted by molar-refractivity contribution is 6.30. The molecule has 4 heteroatoms. The molecule has 1 aliphatic heterocycles. The molecule has 1 N–H and O–H groups in total. The molecule has 2 rings (SSSR count). The van der Waals surface area contributed by atoms with Crippen LogP contribution in [0.2, 0.25) is 5.02 Å². The molecule has 0 radical (unpaired) electrons. The molecule has 1 aromatic carbocycles. The van der Waals surface area contributed by atoms with Crippen molar-refractivity contribution in [2.75, 3.05) is 26.2 Å². The van der Waals surface area contributed by atoms with Crippen LogP contribution in [0.15, 0.2) is 18.2 Å². The first-order valence-corrected chi connectivity index (χ1v) is 7.43. The van der Waals surface area contributed by atoms with Gasteiger partial charge in [0.2, 0.25) is 0 Å². The number of piperazine rings is 1. The second kappa shape index (κ2) is 7.13. The van der Waals surface area contributed by atoms with Gasteiger partial charge < -0.3 is 10.1 Å². The minimum Gasteiger partial charge on any atom is -0.493 e. The summed E-state index contributed by atoms with van der Waals surface area (Å²) in [6.07, 6.45) is 1.02. The fourth-order valence-electron chi connectivity index (χ4n) is 2.42. The van der Waals surface area contributed by atoms with Crippen LogP contribution in [0.4, 0.5) is 0 Å². The molecule has 1 fully saturated rings. The van der Waals surface area contributed by atoms with E-state index in [9.17, 15) is 0 Å². The molecule has 1 atom stereocenters. The Labute approximate surface area is 120 Å². The predicted molar refractivity (Wildman–Crippen MR) is 80.0 cm³/mol. The van der Waals surface area contributed by atoms with Crippen LogP contribution in [-0.2, 0) is 6.54 Å². The smallest absolute Gasteiger partial charge is 0.123 e. The van der Waals surface area contributed by atoms with Crippen LogP contribution in [0.3, 0.4) is 0 Å². The number of halogens is 1. The molecule has 0 amide bonds. The first-order chi connectivity index (χ1) is 9.19. The molecule has 0 unspecified atom stereocenters. The summed E-state index contributed by atoms with van der Waals surface area (Å²) in [7, 11) is 0. The van der Waals surface area contributed by atoms with Gasteiger partial charge in [0.1, 0.15) is 5.75 Å². The zero-order valence-corrected chi connectivity index (χ0v) is 12.5. The van der Waals surface area contributed by atoms with E-state index < -0.39 is 0 Å². The van der Waals surface area contributed by atoms with Crippen molar-refractivity contribution in [1.82, 2.24) is 10.2 Å². The van der Waals surface area contributed by atoms with Crippen molar-refractivity contribution >= 4 is 11.6 Å². The van der Waals surface area contributed by atoms with Gasteiger partial charge in [-0.2, -0.15) is 0 Å². The highest BCUT2D eigenvalue weighted by Crippen LogP contribution is 2.25. The summed E-state index contributed by atoms with van der Waals surface area (Å²) in [4.78, 5) is 2.45. The van der Waals surface area contributed by atoms with Gasteiger partial charge in [0.15, 0.2) is 0 Å². The lowest BCUT2D eigenvalue weighted by Gasteiger charge is -2.32. The van der Waals surface area contributed by atoms with Crippen molar-refractivity contribution < 1.29 is 4.74 Å². The molecular formula is C15H23ClN2O. The Kier molecular flexibility index (Phi) is 5.49. The molecule has 3 nitrogen and oxygen atoms in total. The molecule has 0 spiro atoms. The number of hydrogen-bond donors (Lipinski definition) is 1. The van der Waals surface area contributed by atoms with Gasteiger partial charge in [-0.3, -0.25) is 4.90 Å². The van der Waals surface area contributed by atoms with E-state index in [1.165, 1.54) is 5.56 Å². The predicted octanol–water partition coefficient (Wildman–Crippen LogP) is 2.92. The summed E-state index contributed by atoms with van der Waals surface area (Å²) >= 11 is 6.11. The Morgan fingerprint density at radius 1 is 1.47 bits per heavy atom. The summed E-state index contributed by atoms with van der Waals surface area (Å²) in [5, 5.41) is 4.24. The monoisotopic (exact) mass is 282 g/mol. The Morgan fingerprint density at radius 2 is 2.32 bits per heavy atom. The van der Waals surface area contributed by atoms with Crippen molar-refractivity contribution in [2.24, 2.45) is 0 Å². The number of nitrogens with one attached hydrogen (secondary N) is 1. The first-order valence-electron chi connectivity index (χ1n) is 7.06. The average molecular weight is 283 g/mol. The SMILES string of the molecule is CCCOc1ccc(Cl)cc1CN1CCN[C@@H](C)C1. The van der Waals surface area contributed by atoms with Gasteiger partial charge in [-0.25, -0.2) is 0 Å². The first kappa shape index (κ1) is 14.6. The molecule has 1 heterocycles.